The molecule has 0 fully saturated rings. The van der Waals surface area contributed by atoms with Crippen molar-refractivity contribution >= 4 is 34.2 Å². The maximum atomic E-state index is 5.99. The van der Waals surface area contributed by atoms with E-state index < -0.39 is 0 Å². The van der Waals surface area contributed by atoms with E-state index >= 15 is 0 Å². The van der Waals surface area contributed by atoms with E-state index in [1.165, 1.54) is 0 Å². The van der Waals surface area contributed by atoms with Crippen molar-refractivity contribution in [1.29, 1.82) is 0 Å². The van der Waals surface area contributed by atoms with Crippen LogP contribution in [0.25, 0.3) is 22.2 Å². The monoisotopic (exact) mass is 325 g/mol. The summed E-state index contributed by atoms with van der Waals surface area (Å²) >= 11 is 5.99. The van der Waals surface area contributed by atoms with E-state index in [1.807, 2.05) is 55.5 Å². The van der Waals surface area contributed by atoms with E-state index in [0.29, 0.717) is 5.02 Å². The molecular weight excluding hydrogens is 310 g/mol. The summed E-state index contributed by atoms with van der Waals surface area (Å²) in [5, 5.41) is 9.64. The molecule has 3 rings (SSSR count). The predicted molar refractivity (Wildman–Crippen MR) is 96.8 cm³/mol. The Morgan fingerprint density at radius 2 is 1.70 bits per heavy atom. The van der Waals surface area contributed by atoms with Crippen molar-refractivity contribution in [3.8, 4) is 11.3 Å². The molecule has 5 N–H and O–H groups in total. The zero-order chi connectivity index (χ0) is 16.4. The van der Waals surface area contributed by atoms with Crippen LogP contribution in [0.3, 0.4) is 0 Å². The Balaban J connectivity index is 2.25. The molecule has 0 aliphatic carbocycles. The highest BCUT2D eigenvalue weighted by Gasteiger charge is 2.15. The van der Waals surface area contributed by atoms with Gasteiger partial charge in [-0.25, -0.2) is 0 Å². The summed E-state index contributed by atoms with van der Waals surface area (Å²) in [5.41, 5.74) is 15.4. The predicted octanol–water partition coefficient (Wildman–Crippen LogP) is 3.49. The van der Waals surface area contributed by atoms with E-state index in [4.69, 9.17) is 23.1 Å². The van der Waals surface area contributed by atoms with Crippen molar-refractivity contribution in [2.24, 2.45) is 21.7 Å². The van der Waals surface area contributed by atoms with Gasteiger partial charge in [0.05, 0.1) is 11.4 Å². The Bertz CT molecular complexity index is 902. The average molecular weight is 326 g/mol. The highest BCUT2D eigenvalue weighted by molar-refractivity contribution is 6.30. The van der Waals surface area contributed by atoms with E-state index in [2.05, 4.69) is 15.2 Å². The second-order valence-electron chi connectivity index (χ2n) is 5.14. The molecule has 0 unspecified atom stereocenters. The Hall–Kier alpha value is -2.79. The summed E-state index contributed by atoms with van der Waals surface area (Å²) in [7, 11) is 0. The number of para-hydroxylation sites is 1. The molecule has 1 aromatic heterocycles. The van der Waals surface area contributed by atoms with Crippen molar-refractivity contribution in [3.63, 3.8) is 0 Å². The van der Waals surface area contributed by atoms with Crippen LogP contribution in [0.15, 0.2) is 58.7 Å². The van der Waals surface area contributed by atoms with Gasteiger partial charge in [0.25, 0.3) is 0 Å². The molecule has 3 aromatic rings. The Morgan fingerprint density at radius 3 is 2.39 bits per heavy atom. The molecule has 5 nitrogen and oxygen atoms in total. The summed E-state index contributed by atoms with van der Waals surface area (Å²) in [6, 6.07) is 15.7. The molecule has 6 heteroatoms. The third-order valence-electron chi connectivity index (χ3n) is 3.52. The first-order valence-corrected chi connectivity index (χ1v) is 7.44. The summed E-state index contributed by atoms with van der Waals surface area (Å²) in [4.78, 5) is 3.43. The minimum absolute atomic E-state index is 0.0720. The van der Waals surface area contributed by atoms with Gasteiger partial charge in [-0.1, -0.05) is 41.9 Å². The number of rotatable bonds is 3. The zero-order valence-electron chi connectivity index (χ0n) is 12.5. The van der Waals surface area contributed by atoms with E-state index in [0.717, 1.165) is 33.4 Å². The highest BCUT2D eigenvalue weighted by atomic mass is 35.5. The second kappa shape index (κ2) is 6.14. The van der Waals surface area contributed by atoms with Gasteiger partial charge >= 0.3 is 0 Å². The van der Waals surface area contributed by atoms with Gasteiger partial charge in [0, 0.05) is 21.5 Å². The lowest BCUT2D eigenvalue weighted by Crippen LogP contribution is -2.22. The van der Waals surface area contributed by atoms with E-state index in [9.17, 15) is 0 Å². The topological polar surface area (TPSA) is 92.5 Å². The number of aromatic amines is 1. The molecular formula is C17H16ClN5. The summed E-state index contributed by atoms with van der Waals surface area (Å²) in [6.45, 7) is 1.88. The quantitative estimate of drug-likeness (QED) is 0.390. The van der Waals surface area contributed by atoms with E-state index in [-0.39, 0.29) is 5.96 Å². The number of aromatic nitrogens is 1. The lowest BCUT2D eigenvalue weighted by Gasteiger charge is -2.04. The van der Waals surface area contributed by atoms with Gasteiger partial charge in [-0.15, -0.1) is 5.10 Å². The van der Waals surface area contributed by atoms with Gasteiger partial charge in [-0.2, -0.15) is 5.10 Å². The lowest BCUT2D eigenvalue weighted by atomic mass is 10.0. The third kappa shape index (κ3) is 3.05. The third-order valence-corrected chi connectivity index (χ3v) is 3.77. The molecule has 0 amide bonds. The molecule has 2 aromatic carbocycles. The molecule has 116 valence electrons. The fourth-order valence-corrected chi connectivity index (χ4v) is 2.66. The molecule has 0 saturated carbocycles. The van der Waals surface area contributed by atoms with Crippen molar-refractivity contribution in [3.05, 3.63) is 59.1 Å². The summed E-state index contributed by atoms with van der Waals surface area (Å²) in [5.74, 6) is -0.0720. The van der Waals surface area contributed by atoms with Crippen molar-refractivity contribution < 1.29 is 0 Å². The molecule has 0 atom stereocenters. The lowest BCUT2D eigenvalue weighted by molar-refractivity contribution is 1.20. The fraction of sp³-hybridized carbons (Fsp3) is 0.0588. The van der Waals surface area contributed by atoms with Crippen LogP contribution in [0, 0.1) is 0 Å². The number of hydrogen-bond acceptors (Lipinski definition) is 2. The summed E-state index contributed by atoms with van der Waals surface area (Å²) in [6.07, 6.45) is 0. The molecule has 23 heavy (non-hydrogen) atoms. The maximum Gasteiger partial charge on any atom is 0.211 e. The molecule has 0 saturated heterocycles. The molecule has 0 spiro atoms. The molecule has 1 heterocycles. The zero-order valence-corrected chi connectivity index (χ0v) is 13.3. The smallest absolute Gasteiger partial charge is 0.211 e. The van der Waals surface area contributed by atoms with Crippen LogP contribution in [0.4, 0.5) is 0 Å². The van der Waals surface area contributed by atoms with Gasteiger partial charge in [0.15, 0.2) is 0 Å². The molecule has 0 bridgehead atoms. The maximum absolute atomic E-state index is 5.99. The van der Waals surface area contributed by atoms with Crippen molar-refractivity contribution in [2.45, 2.75) is 6.92 Å². The van der Waals surface area contributed by atoms with Crippen LogP contribution >= 0.6 is 11.6 Å². The first-order chi connectivity index (χ1) is 11.1. The number of guanidine groups is 1. The largest absolute Gasteiger partial charge is 0.369 e. The van der Waals surface area contributed by atoms with Gasteiger partial charge in [0.2, 0.25) is 5.96 Å². The number of H-pyrrole nitrogens is 1. The Kier molecular flexibility index (Phi) is 4.04. The molecule has 0 aliphatic rings. The number of fused-ring (bicyclic) bond motifs is 1. The van der Waals surface area contributed by atoms with Crippen LogP contribution in [0.1, 0.15) is 12.5 Å². The van der Waals surface area contributed by atoms with Crippen LogP contribution < -0.4 is 11.5 Å². The fourth-order valence-electron chi connectivity index (χ4n) is 2.53. The van der Waals surface area contributed by atoms with Gasteiger partial charge in [0.1, 0.15) is 0 Å². The van der Waals surface area contributed by atoms with Gasteiger partial charge < -0.3 is 16.5 Å². The van der Waals surface area contributed by atoms with Crippen LogP contribution in [0.2, 0.25) is 5.02 Å². The second-order valence-corrected chi connectivity index (χ2v) is 5.57. The van der Waals surface area contributed by atoms with Gasteiger partial charge in [-0.3, -0.25) is 0 Å². The normalized spacial score (nSPS) is 11.7. The SMILES string of the molecule is C/C(=N/N=C(N)N)c1c(-c2ccc(Cl)cc2)[nH]c2ccccc12. The van der Waals surface area contributed by atoms with Crippen molar-refractivity contribution in [1.82, 2.24) is 4.98 Å². The number of hydrogen-bond donors (Lipinski definition) is 3. The first kappa shape index (κ1) is 15.1. The van der Waals surface area contributed by atoms with Crippen LogP contribution in [0.5, 0.6) is 0 Å². The van der Waals surface area contributed by atoms with Crippen LogP contribution in [-0.2, 0) is 0 Å². The van der Waals surface area contributed by atoms with Gasteiger partial charge in [-0.05, 0) is 30.7 Å². The number of halogens is 1. The van der Waals surface area contributed by atoms with Crippen LogP contribution in [-0.4, -0.2) is 16.7 Å². The molecule has 0 aliphatic heterocycles. The minimum Gasteiger partial charge on any atom is -0.369 e. The summed E-state index contributed by atoms with van der Waals surface area (Å²) < 4.78 is 0. The average Bonchev–Trinajstić information content (AvgIpc) is 2.92. The number of nitrogens with zero attached hydrogens (tertiary/aromatic N) is 2. The first-order valence-electron chi connectivity index (χ1n) is 7.06. The number of nitrogens with one attached hydrogen (secondary N) is 1. The standard InChI is InChI=1S/C17H16ClN5/c1-10(22-23-17(19)20)15-13-4-2-3-5-14(13)21-16(15)11-6-8-12(18)9-7-11/h2-9,21H,1H3,(H4,19,20,23)/b22-10-. The highest BCUT2D eigenvalue weighted by Crippen LogP contribution is 2.31. The number of benzene rings is 2. The number of nitrogens with two attached hydrogens (primary N) is 2. The molecule has 0 radical (unpaired) electrons. The Labute approximate surface area is 138 Å². The van der Waals surface area contributed by atoms with Crippen molar-refractivity contribution in [2.75, 3.05) is 0 Å². The minimum atomic E-state index is -0.0720. The van der Waals surface area contributed by atoms with E-state index in [1.54, 1.807) is 0 Å². The Morgan fingerprint density at radius 1 is 1.00 bits per heavy atom.